The molecule has 0 aliphatic rings. The first-order valence-corrected chi connectivity index (χ1v) is 17.1. The highest BCUT2D eigenvalue weighted by atomic mass is 15.0. The van der Waals surface area contributed by atoms with Crippen molar-refractivity contribution in [3.05, 3.63) is 175 Å². The minimum atomic E-state index is 0.943. The molecule has 50 heavy (non-hydrogen) atoms. The number of aryl methyl sites for hydroxylation is 2. The van der Waals surface area contributed by atoms with Crippen molar-refractivity contribution in [3.8, 4) is 39.2 Å². The van der Waals surface area contributed by atoms with Gasteiger partial charge in [0.1, 0.15) is 0 Å². The molecule has 0 amide bonds. The topological polar surface area (TPSA) is 43.8 Å². The third kappa shape index (κ3) is 4.78. The number of rotatable bonds is 5. The summed E-state index contributed by atoms with van der Waals surface area (Å²) in [6, 6.07) is 52.5. The summed E-state index contributed by atoms with van der Waals surface area (Å²) in [5.74, 6) is 0. The van der Waals surface area contributed by atoms with Crippen molar-refractivity contribution in [1.82, 2.24) is 9.55 Å². The van der Waals surface area contributed by atoms with E-state index in [-0.39, 0.29) is 0 Å². The average Bonchev–Trinajstić information content (AvgIpc) is 3.45. The number of fused-ring (bicyclic) bond motifs is 4. The quantitative estimate of drug-likeness (QED) is 0.190. The Morgan fingerprint density at radius 3 is 2.00 bits per heavy atom. The van der Waals surface area contributed by atoms with Gasteiger partial charge in [0, 0.05) is 28.4 Å². The molecule has 238 valence electrons. The molecule has 0 aliphatic heterocycles. The number of nitrogens with zero attached hydrogens (tertiary/aromatic N) is 2. The van der Waals surface area contributed by atoms with Gasteiger partial charge in [0.25, 0.3) is 0 Å². The molecule has 0 aliphatic carbocycles. The molecular weight excluding hydrogens is 607 g/mol. The van der Waals surface area contributed by atoms with Crippen molar-refractivity contribution in [1.29, 1.82) is 0 Å². The van der Waals surface area contributed by atoms with Crippen LogP contribution in [0.4, 0.5) is 0 Å². The molecule has 7 aromatic carbocycles. The van der Waals surface area contributed by atoms with E-state index in [1.165, 1.54) is 60.0 Å². The lowest BCUT2D eigenvalue weighted by molar-refractivity contribution is 1.10. The van der Waals surface area contributed by atoms with Crippen LogP contribution in [0.2, 0.25) is 0 Å². The highest BCUT2D eigenvalue weighted by Gasteiger charge is 2.17. The van der Waals surface area contributed by atoms with Crippen LogP contribution >= 0.6 is 0 Å². The van der Waals surface area contributed by atoms with Gasteiger partial charge in [-0.1, -0.05) is 103 Å². The van der Waals surface area contributed by atoms with E-state index in [9.17, 15) is 0 Å². The number of hydrogen-bond acceptors (Lipinski definition) is 2. The second-order valence-electron chi connectivity index (χ2n) is 13.1. The van der Waals surface area contributed by atoms with E-state index in [2.05, 4.69) is 158 Å². The van der Waals surface area contributed by atoms with Gasteiger partial charge in [-0.25, -0.2) is 0 Å². The monoisotopic (exact) mass is 641 g/mol. The van der Waals surface area contributed by atoms with Crippen molar-refractivity contribution >= 4 is 49.3 Å². The Kier molecular flexibility index (Phi) is 7.06. The van der Waals surface area contributed by atoms with Crippen molar-refractivity contribution in [2.75, 3.05) is 0 Å². The summed E-state index contributed by atoms with van der Waals surface area (Å²) in [6.45, 7) is 4.40. The third-order valence-corrected chi connectivity index (χ3v) is 10.3. The molecular formula is C47H35N3. The van der Waals surface area contributed by atoms with Crippen molar-refractivity contribution in [3.63, 3.8) is 0 Å². The van der Waals surface area contributed by atoms with E-state index in [0.717, 1.165) is 39.3 Å². The number of nitrogens with two attached hydrogens (primary N) is 1. The highest BCUT2D eigenvalue weighted by Crippen LogP contribution is 2.41. The first kappa shape index (κ1) is 29.7. The molecule has 0 saturated carbocycles. The maximum Gasteiger partial charge on any atom is 0.0702 e. The van der Waals surface area contributed by atoms with Crippen LogP contribution in [-0.2, 0) is 0 Å². The van der Waals surface area contributed by atoms with E-state index < -0.39 is 0 Å². The molecule has 0 radical (unpaired) electrons. The van der Waals surface area contributed by atoms with Crippen molar-refractivity contribution in [2.24, 2.45) is 5.73 Å². The van der Waals surface area contributed by atoms with E-state index in [0.29, 0.717) is 0 Å². The van der Waals surface area contributed by atoms with Crippen LogP contribution in [-0.4, -0.2) is 9.55 Å². The lowest BCUT2D eigenvalue weighted by Crippen LogP contribution is -1.97. The van der Waals surface area contributed by atoms with Gasteiger partial charge in [-0.3, -0.25) is 4.98 Å². The Morgan fingerprint density at radius 1 is 0.520 bits per heavy atom. The summed E-state index contributed by atoms with van der Waals surface area (Å²) in [4.78, 5) is 5.01. The highest BCUT2D eigenvalue weighted by molar-refractivity contribution is 6.16. The summed E-state index contributed by atoms with van der Waals surface area (Å²) in [6.07, 6.45) is 5.60. The molecule has 0 bridgehead atoms. The van der Waals surface area contributed by atoms with Gasteiger partial charge in [0.05, 0.1) is 16.9 Å². The number of hydrogen-bond donors (Lipinski definition) is 1. The molecule has 3 heteroatoms. The molecule has 2 heterocycles. The Balaban J connectivity index is 1.15. The van der Waals surface area contributed by atoms with Gasteiger partial charge in [0.2, 0.25) is 0 Å². The lowest BCUT2D eigenvalue weighted by atomic mass is 9.87. The van der Waals surface area contributed by atoms with Crippen molar-refractivity contribution < 1.29 is 0 Å². The van der Waals surface area contributed by atoms with Crippen LogP contribution in [0.3, 0.4) is 0 Å². The predicted octanol–water partition coefficient (Wildman–Crippen LogP) is 12.0. The number of para-hydroxylation sites is 1. The SMILES string of the molecule is Cc1c2ccccc2c(-c2ccc3ccccc3c2)c2cc(-c3ccc(-c4ccc5c(c4)c(C)c(/C=C\N)n5-c4ccccc4)nc3)ccc12. The van der Waals surface area contributed by atoms with Gasteiger partial charge in [-0.15, -0.1) is 0 Å². The lowest BCUT2D eigenvalue weighted by Gasteiger charge is -2.17. The van der Waals surface area contributed by atoms with E-state index in [1.54, 1.807) is 6.20 Å². The predicted molar refractivity (Wildman–Crippen MR) is 213 cm³/mol. The Morgan fingerprint density at radius 2 is 1.20 bits per heavy atom. The molecule has 3 nitrogen and oxygen atoms in total. The summed E-state index contributed by atoms with van der Waals surface area (Å²) in [5, 5.41) is 8.77. The summed E-state index contributed by atoms with van der Waals surface area (Å²) < 4.78 is 2.27. The average molecular weight is 642 g/mol. The van der Waals surface area contributed by atoms with Crippen molar-refractivity contribution in [2.45, 2.75) is 13.8 Å². The normalized spacial score (nSPS) is 11.8. The summed E-state index contributed by atoms with van der Waals surface area (Å²) in [7, 11) is 0. The fraction of sp³-hybridized carbons (Fsp3) is 0.0426. The smallest absolute Gasteiger partial charge is 0.0702 e. The van der Waals surface area contributed by atoms with E-state index >= 15 is 0 Å². The molecule has 0 atom stereocenters. The maximum atomic E-state index is 5.90. The van der Waals surface area contributed by atoms with Crippen LogP contribution in [0, 0.1) is 13.8 Å². The van der Waals surface area contributed by atoms with Crippen LogP contribution in [0.25, 0.3) is 88.5 Å². The summed E-state index contributed by atoms with van der Waals surface area (Å²) >= 11 is 0. The molecule has 0 unspecified atom stereocenters. The molecule has 2 N–H and O–H groups in total. The minimum absolute atomic E-state index is 0.943. The van der Waals surface area contributed by atoms with Crippen LogP contribution < -0.4 is 5.73 Å². The maximum absolute atomic E-state index is 5.90. The second-order valence-corrected chi connectivity index (χ2v) is 13.1. The minimum Gasteiger partial charge on any atom is -0.405 e. The third-order valence-electron chi connectivity index (χ3n) is 10.3. The molecule has 0 spiro atoms. The van der Waals surface area contributed by atoms with Gasteiger partial charge in [-0.05, 0) is 129 Å². The van der Waals surface area contributed by atoms with Gasteiger partial charge >= 0.3 is 0 Å². The van der Waals surface area contributed by atoms with Gasteiger partial charge in [0.15, 0.2) is 0 Å². The standard InChI is InChI=1S/C47H35N3/c1-30-39-14-8-9-15-41(39)47(36-17-16-32-10-6-7-11-33(32)26-36)43-27-34(18-21-40(30)43)37-19-22-44(49-29-37)35-20-23-46-42(28-35)31(2)45(24-25-48)50(46)38-12-4-3-5-13-38/h3-29H,48H2,1-2H3/b25-24-. The summed E-state index contributed by atoms with van der Waals surface area (Å²) in [5.41, 5.74) is 18.5. The first-order valence-electron chi connectivity index (χ1n) is 17.1. The van der Waals surface area contributed by atoms with Gasteiger partial charge < -0.3 is 10.3 Å². The Hall–Kier alpha value is -6.45. The molecule has 9 aromatic rings. The van der Waals surface area contributed by atoms with Crippen LogP contribution in [0.5, 0.6) is 0 Å². The zero-order valence-electron chi connectivity index (χ0n) is 28.1. The molecule has 0 fully saturated rings. The van der Waals surface area contributed by atoms with Crippen LogP contribution in [0.1, 0.15) is 16.8 Å². The largest absolute Gasteiger partial charge is 0.405 e. The molecule has 0 saturated heterocycles. The van der Waals surface area contributed by atoms with Crippen LogP contribution in [0.15, 0.2) is 158 Å². The van der Waals surface area contributed by atoms with E-state index in [4.69, 9.17) is 10.7 Å². The number of aromatic nitrogens is 2. The zero-order chi connectivity index (χ0) is 33.8. The Labute approximate surface area is 291 Å². The first-order chi connectivity index (χ1) is 24.6. The molecule has 9 rings (SSSR count). The number of benzene rings is 7. The fourth-order valence-electron chi connectivity index (χ4n) is 7.74. The van der Waals surface area contributed by atoms with E-state index in [1.807, 2.05) is 18.3 Å². The van der Waals surface area contributed by atoms with Gasteiger partial charge in [-0.2, -0.15) is 0 Å². The Bertz CT molecular complexity index is 2770. The fourth-order valence-corrected chi connectivity index (χ4v) is 7.74. The zero-order valence-corrected chi connectivity index (χ0v) is 28.1. The number of pyridine rings is 1. The second kappa shape index (κ2) is 11.9. The molecule has 2 aromatic heterocycles.